The van der Waals surface area contributed by atoms with E-state index in [1.54, 1.807) is 7.11 Å². The first kappa shape index (κ1) is 25.0. The molecular formula is C21H35BrCl2N2O. The lowest BCUT2D eigenvalue weighted by Crippen LogP contribution is -2.36. The molecule has 1 aromatic rings. The van der Waals surface area contributed by atoms with Crippen LogP contribution in [0.5, 0.6) is 5.75 Å². The normalized spacial score (nSPS) is 24.0. The molecule has 2 aliphatic rings. The molecular weight excluding hydrogens is 447 g/mol. The molecule has 1 heterocycles. The van der Waals surface area contributed by atoms with E-state index < -0.39 is 0 Å². The van der Waals surface area contributed by atoms with Crippen LogP contribution in [0.4, 0.5) is 0 Å². The molecule has 1 saturated heterocycles. The number of nitrogens with two attached hydrogens (primary N) is 1. The molecule has 1 aliphatic heterocycles. The number of nitrogens with zero attached hydrogens (tertiary/aromatic N) is 1. The monoisotopic (exact) mass is 480 g/mol. The fourth-order valence-electron chi connectivity index (χ4n) is 4.40. The van der Waals surface area contributed by atoms with E-state index in [9.17, 15) is 0 Å². The molecule has 0 unspecified atom stereocenters. The number of halogens is 3. The Kier molecular flexibility index (Phi) is 11.6. The number of benzene rings is 1. The highest BCUT2D eigenvalue weighted by Gasteiger charge is 2.23. The third kappa shape index (κ3) is 7.74. The Hall–Kier alpha value is -0.000000000000000111. The lowest BCUT2D eigenvalue weighted by atomic mass is 9.84. The molecule has 1 aromatic carbocycles. The van der Waals surface area contributed by atoms with Gasteiger partial charge in [-0.05, 0) is 107 Å². The van der Waals surface area contributed by atoms with Crippen molar-refractivity contribution in [2.75, 3.05) is 26.7 Å². The maximum absolute atomic E-state index is 6.02. The summed E-state index contributed by atoms with van der Waals surface area (Å²) >= 11 is 3.70. The Morgan fingerprint density at radius 3 is 2.33 bits per heavy atom. The number of hydrogen-bond acceptors (Lipinski definition) is 3. The van der Waals surface area contributed by atoms with Crippen LogP contribution in [0.1, 0.15) is 50.5 Å². The van der Waals surface area contributed by atoms with Gasteiger partial charge in [0.05, 0.1) is 7.11 Å². The van der Waals surface area contributed by atoms with Crippen molar-refractivity contribution in [1.82, 2.24) is 4.90 Å². The fourth-order valence-corrected chi connectivity index (χ4v) is 4.81. The molecule has 0 spiro atoms. The molecule has 0 amide bonds. The number of methoxy groups -OCH3 is 1. The predicted octanol–water partition coefficient (Wildman–Crippen LogP) is 5.46. The van der Waals surface area contributed by atoms with Gasteiger partial charge in [-0.1, -0.05) is 15.9 Å². The standard InChI is InChI=1S/C21H33BrN2O.2ClH/c1-25-20-6-7-21(22)18(15-20)14-17-9-12-24(13-10-17)11-8-16-2-4-19(23)5-3-16;;/h6-7,15-17,19H,2-5,8-14,23H2,1H3;2*1H/t16-,19+;;. The molecule has 6 heteroatoms. The maximum atomic E-state index is 6.02. The number of likely N-dealkylation sites (tertiary alicyclic amines) is 1. The van der Waals surface area contributed by atoms with Crippen LogP contribution in [-0.2, 0) is 6.42 Å². The average Bonchev–Trinajstić information content (AvgIpc) is 2.64. The average molecular weight is 482 g/mol. The molecule has 2 fully saturated rings. The van der Waals surface area contributed by atoms with Crippen molar-refractivity contribution in [3.8, 4) is 5.75 Å². The summed E-state index contributed by atoms with van der Waals surface area (Å²) in [4.78, 5) is 2.69. The highest BCUT2D eigenvalue weighted by molar-refractivity contribution is 9.10. The second-order valence-corrected chi connectivity index (χ2v) is 8.87. The van der Waals surface area contributed by atoms with E-state index in [4.69, 9.17) is 10.5 Å². The van der Waals surface area contributed by atoms with Crippen molar-refractivity contribution < 1.29 is 4.74 Å². The van der Waals surface area contributed by atoms with Crippen LogP contribution in [0.25, 0.3) is 0 Å². The maximum Gasteiger partial charge on any atom is 0.119 e. The minimum Gasteiger partial charge on any atom is -0.497 e. The van der Waals surface area contributed by atoms with Crippen molar-refractivity contribution in [1.29, 1.82) is 0 Å². The molecule has 156 valence electrons. The van der Waals surface area contributed by atoms with Gasteiger partial charge in [-0.3, -0.25) is 0 Å². The van der Waals surface area contributed by atoms with Gasteiger partial charge in [-0.25, -0.2) is 0 Å². The third-order valence-electron chi connectivity index (χ3n) is 6.21. The first-order valence-electron chi connectivity index (χ1n) is 9.94. The van der Waals surface area contributed by atoms with E-state index in [1.165, 1.54) is 74.6 Å². The summed E-state index contributed by atoms with van der Waals surface area (Å²) in [6.45, 7) is 3.81. The third-order valence-corrected chi connectivity index (χ3v) is 6.99. The number of rotatable bonds is 6. The second kappa shape index (κ2) is 12.5. The van der Waals surface area contributed by atoms with Crippen LogP contribution in [0.2, 0.25) is 0 Å². The highest BCUT2D eigenvalue weighted by atomic mass is 79.9. The van der Waals surface area contributed by atoms with Crippen LogP contribution in [0.3, 0.4) is 0 Å². The van der Waals surface area contributed by atoms with Gasteiger partial charge in [-0.2, -0.15) is 0 Å². The minimum atomic E-state index is 0. The lowest BCUT2D eigenvalue weighted by molar-refractivity contribution is 0.165. The van der Waals surface area contributed by atoms with Crippen molar-refractivity contribution in [2.24, 2.45) is 17.6 Å². The summed E-state index contributed by atoms with van der Waals surface area (Å²) < 4.78 is 6.59. The molecule has 2 N–H and O–H groups in total. The van der Waals surface area contributed by atoms with E-state index in [-0.39, 0.29) is 24.8 Å². The van der Waals surface area contributed by atoms with Gasteiger partial charge in [0.2, 0.25) is 0 Å². The van der Waals surface area contributed by atoms with Gasteiger partial charge in [0.15, 0.2) is 0 Å². The van der Waals surface area contributed by atoms with Gasteiger partial charge in [0, 0.05) is 10.5 Å². The zero-order valence-corrected chi connectivity index (χ0v) is 19.6. The van der Waals surface area contributed by atoms with Crippen LogP contribution in [-0.4, -0.2) is 37.7 Å². The zero-order chi connectivity index (χ0) is 17.6. The number of hydrogen-bond donors (Lipinski definition) is 1. The Labute approximate surface area is 185 Å². The van der Waals surface area contributed by atoms with Crippen LogP contribution in [0, 0.1) is 11.8 Å². The summed E-state index contributed by atoms with van der Waals surface area (Å²) in [7, 11) is 1.74. The van der Waals surface area contributed by atoms with Gasteiger partial charge >= 0.3 is 0 Å². The van der Waals surface area contributed by atoms with Crippen LogP contribution < -0.4 is 10.5 Å². The smallest absolute Gasteiger partial charge is 0.119 e. The van der Waals surface area contributed by atoms with E-state index in [1.807, 2.05) is 6.07 Å². The predicted molar refractivity (Wildman–Crippen MR) is 123 cm³/mol. The Morgan fingerprint density at radius 1 is 1.04 bits per heavy atom. The van der Waals surface area contributed by atoms with Crippen LogP contribution >= 0.6 is 40.7 Å². The van der Waals surface area contributed by atoms with Gasteiger partial charge in [-0.15, -0.1) is 24.8 Å². The first-order chi connectivity index (χ1) is 12.1. The van der Waals surface area contributed by atoms with Gasteiger partial charge < -0.3 is 15.4 Å². The highest BCUT2D eigenvalue weighted by Crippen LogP contribution is 2.30. The Balaban J connectivity index is 0.00000182. The quantitative estimate of drug-likeness (QED) is 0.585. The van der Waals surface area contributed by atoms with E-state index in [2.05, 4.69) is 33.0 Å². The fraction of sp³-hybridized carbons (Fsp3) is 0.714. The topological polar surface area (TPSA) is 38.5 Å². The summed E-state index contributed by atoms with van der Waals surface area (Å²) in [6, 6.07) is 6.79. The van der Waals surface area contributed by atoms with Crippen molar-refractivity contribution in [3.05, 3.63) is 28.2 Å². The summed E-state index contributed by atoms with van der Waals surface area (Å²) in [5.41, 5.74) is 7.41. The largest absolute Gasteiger partial charge is 0.497 e. The Morgan fingerprint density at radius 2 is 1.70 bits per heavy atom. The van der Waals surface area contributed by atoms with E-state index >= 15 is 0 Å². The number of piperidine rings is 1. The second-order valence-electron chi connectivity index (χ2n) is 8.02. The lowest BCUT2D eigenvalue weighted by Gasteiger charge is -2.34. The molecule has 1 aliphatic carbocycles. The molecule has 0 radical (unpaired) electrons. The van der Waals surface area contributed by atoms with E-state index in [0.29, 0.717) is 6.04 Å². The van der Waals surface area contributed by atoms with Crippen molar-refractivity contribution >= 4 is 40.7 Å². The van der Waals surface area contributed by atoms with Gasteiger partial charge in [0.1, 0.15) is 5.75 Å². The van der Waals surface area contributed by atoms with Crippen molar-refractivity contribution in [2.45, 2.75) is 57.4 Å². The number of ether oxygens (including phenoxy) is 1. The molecule has 0 aromatic heterocycles. The summed E-state index contributed by atoms with van der Waals surface area (Å²) in [5, 5.41) is 0. The Bertz CT molecular complexity index is 545. The molecule has 0 bridgehead atoms. The molecule has 3 rings (SSSR count). The molecule has 3 nitrogen and oxygen atoms in total. The van der Waals surface area contributed by atoms with Gasteiger partial charge in [0.25, 0.3) is 0 Å². The van der Waals surface area contributed by atoms with Crippen molar-refractivity contribution in [3.63, 3.8) is 0 Å². The molecule has 0 atom stereocenters. The summed E-state index contributed by atoms with van der Waals surface area (Å²) in [6.07, 6.45) is 10.3. The van der Waals surface area contributed by atoms with E-state index in [0.717, 1.165) is 24.0 Å². The molecule has 27 heavy (non-hydrogen) atoms. The minimum absolute atomic E-state index is 0. The SMILES string of the molecule is COc1ccc(Br)c(CC2CCN(CC[C@H]3CC[C@@H](N)CC3)CC2)c1.Cl.Cl. The zero-order valence-electron chi connectivity index (χ0n) is 16.4. The van der Waals surface area contributed by atoms with Crippen LogP contribution in [0.15, 0.2) is 22.7 Å². The molecule has 1 saturated carbocycles. The first-order valence-corrected chi connectivity index (χ1v) is 10.7. The summed E-state index contributed by atoms with van der Waals surface area (Å²) in [5.74, 6) is 2.68.